The Kier molecular flexibility index (Phi) is 4.97. The van der Waals surface area contributed by atoms with E-state index in [1.165, 1.54) is 24.5 Å². The van der Waals surface area contributed by atoms with Gasteiger partial charge >= 0.3 is 0 Å². The predicted molar refractivity (Wildman–Crippen MR) is 150 cm³/mol. The summed E-state index contributed by atoms with van der Waals surface area (Å²) >= 11 is 5.93. The van der Waals surface area contributed by atoms with E-state index in [2.05, 4.69) is 42.5 Å². The van der Waals surface area contributed by atoms with E-state index in [1.807, 2.05) is 0 Å². The molecule has 3 fully saturated rings. The Morgan fingerprint density at radius 2 is 2.17 bits per heavy atom. The minimum Gasteiger partial charge on any atom is -0.379 e. The van der Waals surface area contributed by atoms with E-state index in [4.69, 9.17) is 22.6 Å². The molecule has 2 saturated heterocycles. The number of piperidine rings is 1. The second-order valence-corrected chi connectivity index (χ2v) is 9.68. The van der Waals surface area contributed by atoms with Gasteiger partial charge in [0.2, 0.25) is 11.8 Å². The van der Waals surface area contributed by atoms with Gasteiger partial charge in [-0.1, -0.05) is 35.6 Å². The second-order valence-electron chi connectivity index (χ2n) is 9.28. The SMILES string of the molecule is [2H]C1([2H])OC([2H])([2H])C([2H])([2H])N(C/C=C/C(=O)Nc2cc3c(Nc4cccc(Cl)c4F)ncnc3cc2C#C[C@]23CNC(=O)[C@H]2C3)C1([2H])[2H]. The van der Waals surface area contributed by atoms with Gasteiger partial charge in [-0.2, -0.15) is 0 Å². The van der Waals surface area contributed by atoms with Gasteiger partial charge in [-0.05, 0) is 30.7 Å². The predicted octanol–water partition coefficient (Wildman–Crippen LogP) is 3.48. The van der Waals surface area contributed by atoms with Crippen molar-refractivity contribution < 1.29 is 29.7 Å². The number of nitrogens with zero attached hydrogens (tertiary/aromatic N) is 3. The second kappa shape index (κ2) is 10.8. The highest BCUT2D eigenvalue weighted by atomic mass is 35.5. The summed E-state index contributed by atoms with van der Waals surface area (Å²) in [4.78, 5) is 34.0. The molecule has 1 aliphatic carbocycles. The van der Waals surface area contributed by atoms with Crippen molar-refractivity contribution in [2.75, 3.05) is 49.8 Å². The summed E-state index contributed by atoms with van der Waals surface area (Å²) in [5.41, 5.74) is 0.392. The molecule has 1 aromatic heterocycles. The molecule has 40 heavy (non-hydrogen) atoms. The number of halogens is 2. The van der Waals surface area contributed by atoms with Crippen molar-refractivity contribution in [3.05, 3.63) is 65.2 Å². The summed E-state index contributed by atoms with van der Waals surface area (Å²) in [5, 5.41) is 8.58. The molecule has 0 unspecified atom stereocenters. The highest BCUT2D eigenvalue weighted by Gasteiger charge is 2.61. The number of ether oxygens (including phenoxy) is 1. The molecule has 9 nitrogen and oxygen atoms in total. The largest absolute Gasteiger partial charge is 0.379 e. The number of aromatic nitrogens is 2. The van der Waals surface area contributed by atoms with E-state index in [1.54, 1.807) is 12.1 Å². The zero-order chi connectivity index (χ0) is 34.9. The summed E-state index contributed by atoms with van der Waals surface area (Å²) in [6.07, 6.45) is 3.86. The van der Waals surface area contributed by atoms with Crippen molar-refractivity contribution in [2.24, 2.45) is 11.3 Å². The third-order valence-electron chi connectivity index (χ3n) is 6.67. The number of fused-ring (bicyclic) bond motifs is 2. The van der Waals surface area contributed by atoms with Gasteiger partial charge in [-0.15, -0.1) is 0 Å². The van der Waals surface area contributed by atoms with Crippen LogP contribution in [-0.4, -0.2) is 65.9 Å². The maximum atomic E-state index is 14.7. The number of anilines is 3. The van der Waals surface area contributed by atoms with Crippen LogP contribution < -0.4 is 16.0 Å². The summed E-state index contributed by atoms with van der Waals surface area (Å²) in [7, 11) is 0. The van der Waals surface area contributed by atoms with Crippen LogP contribution in [0.25, 0.3) is 10.9 Å². The van der Waals surface area contributed by atoms with E-state index < -0.39 is 49.8 Å². The van der Waals surface area contributed by atoms with Crippen LogP contribution in [0.15, 0.2) is 48.8 Å². The Hall–Kier alpha value is -4.04. The number of morpholine rings is 1. The maximum absolute atomic E-state index is 14.7. The molecule has 0 spiro atoms. The molecule has 3 N–H and O–H groups in total. The molecule has 204 valence electrons. The van der Waals surface area contributed by atoms with Crippen molar-refractivity contribution in [1.29, 1.82) is 0 Å². The first-order chi connectivity index (χ1) is 22.4. The first-order valence-corrected chi connectivity index (χ1v) is 12.5. The molecule has 6 rings (SSSR count). The average molecular weight is 569 g/mol. The van der Waals surface area contributed by atoms with E-state index in [-0.39, 0.29) is 34.0 Å². The Bertz CT molecular complexity index is 1930. The number of rotatable bonds is 6. The molecule has 0 bridgehead atoms. The van der Waals surface area contributed by atoms with Gasteiger partial charge in [0.05, 0.1) is 57.4 Å². The van der Waals surface area contributed by atoms with Crippen molar-refractivity contribution >= 4 is 51.5 Å². The molecule has 2 aliphatic heterocycles. The molecular weight excluding hydrogens is 535 g/mol. The quantitative estimate of drug-likeness (QED) is 0.309. The zero-order valence-corrected chi connectivity index (χ0v) is 21.4. The van der Waals surface area contributed by atoms with Gasteiger partial charge in [0.1, 0.15) is 12.1 Å². The smallest absolute Gasteiger partial charge is 0.248 e. The van der Waals surface area contributed by atoms with Crippen LogP contribution >= 0.6 is 11.6 Å². The van der Waals surface area contributed by atoms with Crippen molar-refractivity contribution in [3.63, 3.8) is 0 Å². The monoisotopic (exact) mass is 568 g/mol. The number of nitrogens with one attached hydrogen (secondary N) is 3. The lowest BCUT2D eigenvalue weighted by Gasteiger charge is -2.25. The van der Waals surface area contributed by atoms with Gasteiger partial charge in [-0.25, -0.2) is 14.4 Å². The Morgan fingerprint density at radius 3 is 2.95 bits per heavy atom. The number of carbonyl (C=O) groups excluding carboxylic acids is 2. The molecule has 0 radical (unpaired) electrons. The summed E-state index contributed by atoms with van der Waals surface area (Å²) in [5.74, 6) is 4.59. The summed E-state index contributed by atoms with van der Waals surface area (Å²) < 4.78 is 83.0. The molecule has 2 aromatic carbocycles. The van der Waals surface area contributed by atoms with E-state index in [0.717, 1.165) is 12.2 Å². The van der Waals surface area contributed by atoms with Gasteiger partial charge in [-0.3, -0.25) is 14.5 Å². The van der Waals surface area contributed by atoms with Crippen LogP contribution in [0.1, 0.15) is 23.0 Å². The van der Waals surface area contributed by atoms with E-state index in [9.17, 15) is 14.0 Å². The maximum Gasteiger partial charge on any atom is 0.248 e. The van der Waals surface area contributed by atoms with Crippen LogP contribution in [0, 0.1) is 29.0 Å². The fourth-order valence-corrected chi connectivity index (χ4v) is 4.64. The molecule has 3 heterocycles. The summed E-state index contributed by atoms with van der Waals surface area (Å²) in [6.45, 7) is -13.0. The minimum absolute atomic E-state index is 0.0359. The molecule has 3 aliphatic rings. The number of amides is 2. The first-order valence-electron chi connectivity index (χ1n) is 16.1. The van der Waals surface area contributed by atoms with Crippen LogP contribution in [-0.2, 0) is 14.3 Å². The highest BCUT2D eigenvalue weighted by Crippen LogP contribution is 2.55. The first kappa shape index (κ1) is 18.3. The lowest BCUT2D eigenvalue weighted by Crippen LogP contribution is -2.36. The van der Waals surface area contributed by atoms with Crippen LogP contribution in [0.3, 0.4) is 0 Å². The molecule has 2 amide bonds. The van der Waals surface area contributed by atoms with Gasteiger partial charge in [0.15, 0.2) is 5.82 Å². The van der Waals surface area contributed by atoms with Gasteiger partial charge < -0.3 is 20.7 Å². The van der Waals surface area contributed by atoms with Crippen molar-refractivity contribution in [3.8, 4) is 11.8 Å². The van der Waals surface area contributed by atoms with Crippen LogP contribution in [0.4, 0.5) is 21.6 Å². The molecule has 2 atom stereocenters. The normalized spacial score (nSPS) is 29.9. The van der Waals surface area contributed by atoms with Crippen LogP contribution in [0.5, 0.6) is 0 Å². The number of hydrogen-bond donors (Lipinski definition) is 3. The van der Waals surface area contributed by atoms with Crippen molar-refractivity contribution in [2.45, 2.75) is 6.42 Å². The zero-order valence-electron chi connectivity index (χ0n) is 28.6. The lowest BCUT2D eigenvalue weighted by atomic mass is 10.0. The van der Waals surface area contributed by atoms with E-state index in [0.29, 0.717) is 34.3 Å². The fourth-order valence-electron chi connectivity index (χ4n) is 4.46. The number of benzene rings is 2. The van der Waals surface area contributed by atoms with E-state index >= 15 is 0 Å². The third-order valence-corrected chi connectivity index (χ3v) is 6.97. The highest BCUT2D eigenvalue weighted by molar-refractivity contribution is 6.31. The van der Waals surface area contributed by atoms with Crippen molar-refractivity contribution in [1.82, 2.24) is 20.2 Å². The minimum atomic E-state index is -3.22. The van der Waals surface area contributed by atoms with Gasteiger partial charge in [0, 0.05) is 43.0 Å². The number of carbonyl (C=O) groups is 2. The topological polar surface area (TPSA) is 108 Å². The lowest BCUT2D eigenvalue weighted by molar-refractivity contribution is -0.120. The standard InChI is InChI=1S/C29H26ClFN6O3/c30-21-3-1-4-22(26(21)31)36-27-19-14-23(35-25(38)5-2-8-37-9-11-40-12-10-37)18(13-24(19)33-17-34-27)6-7-29-15-20(29)28(39)32-16-29/h1-5,13-14,17,20H,8-12,15-16H2,(H,32,39)(H,35,38)(H,33,34,36)/b5-2+/t20-,29+/m1/s1/i9D2,10D2,11D2,12D2. The summed E-state index contributed by atoms with van der Waals surface area (Å²) in [6, 6.07) is 7.49. The Morgan fingerprint density at radius 1 is 1.32 bits per heavy atom. The molecule has 11 heteroatoms. The average Bonchev–Trinajstić information content (AvgIpc) is 3.64. The van der Waals surface area contributed by atoms with Crippen LogP contribution in [0.2, 0.25) is 5.02 Å². The number of hydrogen-bond acceptors (Lipinski definition) is 7. The van der Waals surface area contributed by atoms with Gasteiger partial charge in [0.25, 0.3) is 0 Å². The molecular formula is C29H26ClFN6O3. The molecule has 1 saturated carbocycles. The Labute approximate surface area is 246 Å². The third kappa shape index (κ3) is 5.36. The Balaban J connectivity index is 1.32. The molecule has 3 aromatic rings. The fraction of sp³-hybridized carbons (Fsp3) is 0.310.